The van der Waals surface area contributed by atoms with Crippen molar-refractivity contribution in [1.82, 2.24) is 9.55 Å². The lowest BCUT2D eigenvalue weighted by molar-refractivity contribution is 0.416. The van der Waals surface area contributed by atoms with Gasteiger partial charge in [-0.2, -0.15) is 0 Å². The molecular weight excluding hydrogens is 276 g/mol. The molecule has 5 heteroatoms. The number of hydrogen-bond acceptors (Lipinski definition) is 3. The van der Waals surface area contributed by atoms with E-state index in [0.29, 0.717) is 5.84 Å². The molecule has 0 bridgehead atoms. The number of nitrogens with zero attached hydrogens (tertiary/aromatic N) is 3. The minimum Gasteiger partial charge on any atom is -0.496 e. The summed E-state index contributed by atoms with van der Waals surface area (Å²) < 4.78 is 7.49. The number of nitrogens with two attached hydrogens (primary N) is 1. The van der Waals surface area contributed by atoms with Crippen LogP contribution in [0.5, 0.6) is 5.75 Å². The van der Waals surface area contributed by atoms with Crippen LogP contribution in [0.25, 0.3) is 22.4 Å². The van der Waals surface area contributed by atoms with E-state index in [0.717, 1.165) is 33.9 Å². The Morgan fingerprint density at radius 1 is 1.23 bits per heavy atom. The van der Waals surface area contributed by atoms with E-state index in [4.69, 9.17) is 15.5 Å². The lowest BCUT2D eigenvalue weighted by atomic mass is 10.2. The number of hydrogen-bond donors (Lipinski definition) is 1. The van der Waals surface area contributed by atoms with Gasteiger partial charge in [-0.15, -0.1) is 0 Å². The van der Waals surface area contributed by atoms with Gasteiger partial charge in [-0.1, -0.05) is 12.1 Å². The molecule has 22 heavy (non-hydrogen) atoms. The van der Waals surface area contributed by atoms with Gasteiger partial charge in [0.05, 0.1) is 35.2 Å². The third kappa shape index (κ3) is 2.41. The number of benzene rings is 2. The van der Waals surface area contributed by atoms with Gasteiger partial charge < -0.3 is 15.0 Å². The normalized spacial score (nSPS) is 11.9. The van der Waals surface area contributed by atoms with Crippen LogP contribution >= 0.6 is 0 Å². The molecular formula is C17H18N4O. The molecule has 1 heterocycles. The Kier molecular flexibility index (Phi) is 3.55. The number of methoxy groups -OCH3 is 1. The summed E-state index contributed by atoms with van der Waals surface area (Å²) in [5, 5.41) is 0. The summed E-state index contributed by atoms with van der Waals surface area (Å²) in [4.78, 5) is 9.01. The number of ether oxygens (including phenoxy) is 1. The van der Waals surface area contributed by atoms with Crippen LogP contribution in [0.15, 0.2) is 47.5 Å². The number of aromatic nitrogens is 2. The lowest BCUT2D eigenvalue weighted by Crippen LogP contribution is -2.03. The van der Waals surface area contributed by atoms with Gasteiger partial charge in [0, 0.05) is 7.05 Å². The zero-order valence-electron chi connectivity index (χ0n) is 12.9. The predicted octanol–water partition coefficient (Wildman–Crippen LogP) is 3.26. The summed E-state index contributed by atoms with van der Waals surface area (Å²) in [7, 11) is 3.66. The maximum absolute atomic E-state index is 5.64. The first-order chi connectivity index (χ1) is 10.6. The molecule has 0 aliphatic rings. The van der Waals surface area contributed by atoms with Crippen LogP contribution in [0.4, 0.5) is 5.69 Å². The Morgan fingerprint density at radius 2 is 2.00 bits per heavy atom. The number of fused-ring (bicyclic) bond motifs is 1. The molecule has 0 spiro atoms. The molecule has 0 radical (unpaired) electrons. The molecule has 0 aliphatic carbocycles. The topological polar surface area (TPSA) is 65.4 Å². The molecule has 0 unspecified atom stereocenters. The highest BCUT2D eigenvalue weighted by molar-refractivity contribution is 5.86. The van der Waals surface area contributed by atoms with Crippen molar-refractivity contribution in [3.8, 4) is 17.1 Å². The molecule has 0 atom stereocenters. The fourth-order valence-corrected chi connectivity index (χ4v) is 2.53. The minimum absolute atomic E-state index is 0.528. The number of aliphatic imine (C=N–C) groups is 1. The van der Waals surface area contributed by atoms with Crippen LogP contribution in [0.3, 0.4) is 0 Å². The largest absolute Gasteiger partial charge is 0.496 e. The summed E-state index contributed by atoms with van der Waals surface area (Å²) in [6.45, 7) is 1.77. The van der Waals surface area contributed by atoms with Crippen LogP contribution in [-0.4, -0.2) is 22.5 Å². The number of imidazole rings is 1. The average molecular weight is 294 g/mol. The fourth-order valence-electron chi connectivity index (χ4n) is 2.53. The van der Waals surface area contributed by atoms with Crippen LogP contribution in [0.1, 0.15) is 6.92 Å². The SMILES string of the molecule is COc1ccccc1-c1nc2cc(N=C(C)N)ccc2n1C. The van der Waals surface area contributed by atoms with Gasteiger partial charge in [0.1, 0.15) is 11.6 Å². The van der Waals surface area contributed by atoms with Crippen LogP contribution in [0, 0.1) is 0 Å². The third-order valence-electron chi connectivity index (χ3n) is 3.52. The zero-order chi connectivity index (χ0) is 15.7. The Hall–Kier alpha value is -2.82. The Morgan fingerprint density at radius 3 is 2.73 bits per heavy atom. The van der Waals surface area contributed by atoms with Crippen molar-refractivity contribution in [3.05, 3.63) is 42.5 Å². The molecule has 0 saturated carbocycles. The molecule has 0 saturated heterocycles. The summed E-state index contributed by atoms with van der Waals surface area (Å²) in [6.07, 6.45) is 0. The van der Waals surface area contributed by atoms with Gasteiger partial charge in [-0.05, 0) is 37.3 Å². The highest BCUT2D eigenvalue weighted by Crippen LogP contribution is 2.32. The van der Waals surface area contributed by atoms with E-state index in [2.05, 4.69) is 9.56 Å². The highest BCUT2D eigenvalue weighted by atomic mass is 16.5. The monoisotopic (exact) mass is 294 g/mol. The quantitative estimate of drug-likeness (QED) is 0.595. The maximum atomic E-state index is 5.64. The van der Waals surface area contributed by atoms with E-state index in [1.807, 2.05) is 49.5 Å². The molecule has 5 nitrogen and oxygen atoms in total. The minimum atomic E-state index is 0.528. The lowest BCUT2D eigenvalue weighted by Gasteiger charge is -2.07. The Labute approximate surface area is 129 Å². The smallest absolute Gasteiger partial charge is 0.144 e. The van der Waals surface area contributed by atoms with Gasteiger partial charge in [0.25, 0.3) is 0 Å². The van der Waals surface area contributed by atoms with Crippen LogP contribution in [-0.2, 0) is 7.05 Å². The molecule has 0 aliphatic heterocycles. The number of amidine groups is 1. The van der Waals surface area contributed by atoms with Crippen molar-refractivity contribution in [2.45, 2.75) is 6.92 Å². The van der Waals surface area contributed by atoms with Crippen LogP contribution < -0.4 is 10.5 Å². The molecule has 112 valence electrons. The predicted molar refractivity (Wildman–Crippen MR) is 89.7 cm³/mol. The van der Waals surface area contributed by atoms with E-state index < -0.39 is 0 Å². The Bertz CT molecular complexity index is 860. The van der Waals surface area contributed by atoms with Gasteiger partial charge >= 0.3 is 0 Å². The first-order valence-corrected chi connectivity index (χ1v) is 7.01. The molecule has 3 rings (SSSR count). The van der Waals surface area contributed by atoms with Crippen molar-refractivity contribution in [3.63, 3.8) is 0 Å². The highest BCUT2D eigenvalue weighted by Gasteiger charge is 2.13. The van der Waals surface area contributed by atoms with Gasteiger partial charge in [0.2, 0.25) is 0 Å². The summed E-state index contributed by atoms with van der Waals surface area (Å²) in [6, 6.07) is 13.7. The van der Waals surface area contributed by atoms with Crippen molar-refractivity contribution < 1.29 is 4.74 Å². The molecule has 2 aromatic carbocycles. The molecule has 0 amide bonds. The van der Waals surface area contributed by atoms with E-state index in [9.17, 15) is 0 Å². The van der Waals surface area contributed by atoms with E-state index >= 15 is 0 Å². The second-order valence-corrected chi connectivity index (χ2v) is 5.12. The molecule has 0 fully saturated rings. The first-order valence-electron chi connectivity index (χ1n) is 7.01. The van der Waals surface area contributed by atoms with Crippen LogP contribution in [0.2, 0.25) is 0 Å². The van der Waals surface area contributed by atoms with Gasteiger partial charge in [0.15, 0.2) is 0 Å². The Balaban J connectivity index is 2.19. The number of aryl methyl sites for hydroxylation is 1. The summed E-state index contributed by atoms with van der Waals surface area (Å²) in [5.74, 6) is 2.19. The van der Waals surface area contributed by atoms with Crippen molar-refractivity contribution in [2.75, 3.05) is 7.11 Å². The van der Waals surface area contributed by atoms with Crippen molar-refractivity contribution in [1.29, 1.82) is 0 Å². The second-order valence-electron chi connectivity index (χ2n) is 5.12. The molecule has 3 aromatic rings. The maximum Gasteiger partial charge on any atom is 0.144 e. The van der Waals surface area contributed by atoms with Gasteiger partial charge in [-0.3, -0.25) is 0 Å². The molecule has 2 N–H and O–H groups in total. The number of para-hydroxylation sites is 1. The van der Waals surface area contributed by atoms with Crippen molar-refractivity contribution in [2.24, 2.45) is 17.8 Å². The first kappa shape index (κ1) is 14.1. The molecule has 1 aromatic heterocycles. The van der Waals surface area contributed by atoms with E-state index in [1.165, 1.54) is 0 Å². The third-order valence-corrected chi connectivity index (χ3v) is 3.52. The van der Waals surface area contributed by atoms with E-state index in [1.54, 1.807) is 14.0 Å². The average Bonchev–Trinajstić information content (AvgIpc) is 2.83. The summed E-state index contributed by atoms with van der Waals surface area (Å²) in [5.41, 5.74) is 9.32. The fraction of sp³-hybridized carbons (Fsp3) is 0.176. The van der Waals surface area contributed by atoms with E-state index in [-0.39, 0.29) is 0 Å². The van der Waals surface area contributed by atoms with Crippen molar-refractivity contribution >= 4 is 22.6 Å². The van der Waals surface area contributed by atoms with Gasteiger partial charge in [-0.25, -0.2) is 9.98 Å². The summed E-state index contributed by atoms with van der Waals surface area (Å²) >= 11 is 0. The standard InChI is InChI=1S/C17H18N4O/c1-11(18)19-12-8-9-15-14(10-12)20-17(21(15)2)13-6-4-5-7-16(13)22-3/h4-10H,1-3H3,(H2,18,19). The second kappa shape index (κ2) is 5.52. The number of rotatable bonds is 3. The zero-order valence-corrected chi connectivity index (χ0v) is 12.9.